The first-order valence-electron chi connectivity index (χ1n) is 8.76. The maximum Gasteiger partial charge on any atom is 0.327 e. The lowest BCUT2D eigenvalue weighted by Crippen LogP contribution is -2.49. The Bertz CT molecular complexity index is 782. The van der Waals surface area contributed by atoms with Gasteiger partial charge >= 0.3 is 6.03 Å². The number of piperidine rings is 1. The van der Waals surface area contributed by atoms with E-state index in [9.17, 15) is 14.4 Å². The van der Waals surface area contributed by atoms with E-state index in [1.807, 2.05) is 18.4 Å². The standard InChI is InChI=1S/C19H23N3O4S/c1-4-8-22-18(24)15-10-12(7-9-21(15)19(22)25)20-17(23)14-6-5-13(27-3)11-16(14)26-2/h4-6,11-12,15H,1,7-10H2,2-3H3,(H,20,23)/t12-,15-/m0/s1. The van der Waals surface area contributed by atoms with Crippen LogP contribution in [0.25, 0.3) is 0 Å². The third-order valence-electron chi connectivity index (χ3n) is 4.93. The van der Waals surface area contributed by atoms with E-state index in [0.717, 1.165) is 4.90 Å². The van der Waals surface area contributed by atoms with E-state index < -0.39 is 6.04 Å². The molecule has 0 saturated carbocycles. The van der Waals surface area contributed by atoms with Gasteiger partial charge in [-0.2, -0.15) is 0 Å². The summed E-state index contributed by atoms with van der Waals surface area (Å²) in [4.78, 5) is 41.3. The zero-order valence-electron chi connectivity index (χ0n) is 15.4. The summed E-state index contributed by atoms with van der Waals surface area (Å²) in [7, 11) is 1.53. The van der Waals surface area contributed by atoms with Gasteiger partial charge in [0.1, 0.15) is 11.8 Å². The highest BCUT2D eigenvalue weighted by Crippen LogP contribution is 2.28. The molecule has 1 aromatic carbocycles. The summed E-state index contributed by atoms with van der Waals surface area (Å²) in [5.41, 5.74) is 0.458. The summed E-state index contributed by atoms with van der Waals surface area (Å²) in [6.07, 6.45) is 4.51. The minimum Gasteiger partial charge on any atom is -0.496 e. The number of hydrogen-bond donors (Lipinski definition) is 1. The second-order valence-corrected chi connectivity index (χ2v) is 7.37. The number of carbonyl (C=O) groups is 3. The highest BCUT2D eigenvalue weighted by Gasteiger charge is 2.47. The van der Waals surface area contributed by atoms with Crippen LogP contribution in [0.2, 0.25) is 0 Å². The van der Waals surface area contributed by atoms with Crippen LogP contribution in [0.15, 0.2) is 35.7 Å². The van der Waals surface area contributed by atoms with Crippen molar-refractivity contribution in [2.45, 2.75) is 29.8 Å². The Labute approximate surface area is 162 Å². The number of carbonyl (C=O) groups excluding carboxylic acids is 3. The molecule has 0 bridgehead atoms. The van der Waals surface area contributed by atoms with Crippen LogP contribution in [0.3, 0.4) is 0 Å². The number of amides is 4. The average molecular weight is 389 g/mol. The van der Waals surface area contributed by atoms with Gasteiger partial charge in [0.15, 0.2) is 0 Å². The molecule has 2 saturated heterocycles. The number of nitrogens with one attached hydrogen (secondary N) is 1. The summed E-state index contributed by atoms with van der Waals surface area (Å²) >= 11 is 1.57. The van der Waals surface area contributed by atoms with E-state index in [4.69, 9.17) is 4.74 Å². The van der Waals surface area contributed by atoms with Crippen molar-refractivity contribution in [3.05, 3.63) is 36.4 Å². The zero-order valence-corrected chi connectivity index (χ0v) is 16.3. The topological polar surface area (TPSA) is 79.0 Å². The van der Waals surface area contributed by atoms with Gasteiger partial charge in [-0.05, 0) is 37.3 Å². The number of ether oxygens (including phenoxy) is 1. The molecule has 0 aromatic heterocycles. The van der Waals surface area contributed by atoms with Gasteiger partial charge in [-0.3, -0.25) is 14.5 Å². The normalized spacial score (nSPS) is 21.9. The minimum atomic E-state index is -0.516. The Morgan fingerprint density at radius 3 is 2.89 bits per heavy atom. The van der Waals surface area contributed by atoms with E-state index in [2.05, 4.69) is 11.9 Å². The van der Waals surface area contributed by atoms with E-state index in [1.165, 1.54) is 18.1 Å². The summed E-state index contributed by atoms with van der Waals surface area (Å²) in [5, 5.41) is 2.99. The number of hydrogen-bond acceptors (Lipinski definition) is 5. The number of nitrogens with zero attached hydrogens (tertiary/aromatic N) is 2. The van der Waals surface area contributed by atoms with Crippen LogP contribution in [0.5, 0.6) is 5.75 Å². The van der Waals surface area contributed by atoms with Gasteiger partial charge in [0.05, 0.1) is 12.7 Å². The molecule has 2 fully saturated rings. The van der Waals surface area contributed by atoms with Gasteiger partial charge in [0, 0.05) is 24.0 Å². The van der Waals surface area contributed by atoms with Gasteiger partial charge in [-0.1, -0.05) is 6.08 Å². The monoisotopic (exact) mass is 389 g/mol. The minimum absolute atomic E-state index is 0.177. The lowest BCUT2D eigenvalue weighted by atomic mass is 9.97. The third kappa shape index (κ3) is 3.66. The summed E-state index contributed by atoms with van der Waals surface area (Å²) < 4.78 is 5.34. The maximum absolute atomic E-state index is 12.7. The van der Waals surface area contributed by atoms with Crippen molar-refractivity contribution < 1.29 is 19.1 Å². The fourth-order valence-electron chi connectivity index (χ4n) is 3.54. The van der Waals surface area contributed by atoms with Crippen LogP contribution < -0.4 is 10.1 Å². The van der Waals surface area contributed by atoms with Crippen LogP contribution in [-0.2, 0) is 4.79 Å². The molecule has 7 nitrogen and oxygen atoms in total. The molecule has 1 aromatic rings. The highest BCUT2D eigenvalue weighted by molar-refractivity contribution is 7.98. The molecule has 0 radical (unpaired) electrons. The fraction of sp³-hybridized carbons (Fsp3) is 0.421. The number of methoxy groups -OCH3 is 1. The van der Waals surface area contributed by atoms with Crippen molar-refractivity contribution in [2.24, 2.45) is 0 Å². The van der Waals surface area contributed by atoms with Gasteiger partial charge in [-0.25, -0.2) is 4.79 Å². The molecule has 2 aliphatic heterocycles. The van der Waals surface area contributed by atoms with Crippen LogP contribution in [0.1, 0.15) is 23.2 Å². The first kappa shape index (κ1) is 19.3. The Morgan fingerprint density at radius 2 is 2.22 bits per heavy atom. The maximum atomic E-state index is 12.7. The molecule has 2 heterocycles. The number of benzene rings is 1. The number of urea groups is 1. The molecule has 0 spiro atoms. The first-order valence-corrected chi connectivity index (χ1v) is 9.98. The molecule has 2 atom stereocenters. The summed E-state index contributed by atoms with van der Waals surface area (Å²) in [6.45, 7) is 4.24. The SMILES string of the molecule is C=CCN1C(=O)[C@@H]2C[C@@H](NC(=O)c3ccc(SC)cc3OC)CCN2C1=O. The number of imide groups is 1. The molecule has 4 amide bonds. The van der Waals surface area contributed by atoms with E-state index in [1.54, 1.807) is 22.7 Å². The van der Waals surface area contributed by atoms with Crippen molar-refractivity contribution in [3.8, 4) is 5.75 Å². The Kier molecular flexibility index (Phi) is 5.74. The second-order valence-electron chi connectivity index (χ2n) is 6.49. The third-order valence-corrected chi connectivity index (χ3v) is 5.66. The molecule has 144 valence electrons. The summed E-state index contributed by atoms with van der Waals surface area (Å²) in [6, 6.07) is 4.47. The van der Waals surface area contributed by atoms with Crippen LogP contribution in [0.4, 0.5) is 4.79 Å². The second kappa shape index (κ2) is 8.04. The van der Waals surface area contributed by atoms with Gasteiger partial charge < -0.3 is 15.0 Å². The zero-order chi connectivity index (χ0) is 19.6. The van der Waals surface area contributed by atoms with Gasteiger partial charge in [-0.15, -0.1) is 18.3 Å². The number of fused-ring (bicyclic) bond motifs is 1. The predicted molar refractivity (Wildman–Crippen MR) is 103 cm³/mol. The van der Waals surface area contributed by atoms with Gasteiger partial charge in [0.2, 0.25) is 0 Å². The predicted octanol–water partition coefficient (Wildman–Crippen LogP) is 2.13. The lowest BCUT2D eigenvalue weighted by molar-refractivity contribution is -0.128. The van der Waals surface area contributed by atoms with Crippen LogP contribution >= 0.6 is 11.8 Å². The van der Waals surface area contributed by atoms with E-state index >= 15 is 0 Å². The smallest absolute Gasteiger partial charge is 0.327 e. The van der Waals surface area contributed by atoms with Crippen LogP contribution in [0, 0.1) is 0 Å². The molecule has 0 unspecified atom stereocenters. The Hall–Kier alpha value is -2.48. The van der Waals surface area contributed by atoms with Gasteiger partial charge in [0.25, 0.3) is 11.8 Å². The first-order chi connectivity index (χ1) is 13.0. The van der Waals surface area contributed by atoms with Crippen molar-refractivity contribution in [2.75, 3.05) is 26.5 Å². The summed E-state index contributed by atoms with van der Waals surface area (Å²) in [5.74, 6) is 0.0551. The average Bonchev–Trinajstić information content (AvgIpc) is 2.92. The lowest BCUT2D eigenvalue weighted by Gasteiger charge is -2.32. The molecule has 8 heteroatoms. The largest absolute Gasteiger partial charge is 0.496 e. The molecular weight excluding hydrogens is 366 g/mol. The highest BCUT2D eigenvalue weighted by atomic mass is 32.2. The quantitative estimate of drug-likeness (QED) is 0.458. The van der Waals surface area contributed by atoms with E-state index in [-0.39, 0.29) is 30.4 Å². The molecule has 1 N–H and O–H groups in total. The fourth-order valence-corrected chi connectivity index (χ4v) is 3.96. The molecule has 3 rings (SSSR count). The van der Waals surface area contributed by atoms with Crippen molar-refractivity contribution in [3.63, 3.8) is 0 Å². The Balaban J connectivity index is 1.69. The molecule has 27 heavy (non-hydrogen) atoms. The Morgan fingerprint density at radius 1 is 1.44 bits per heavy atom. The molecule has 0 aliphatic carbocycles. The van der Waals surface area contributed by atoms with Crippen LogP contribution in [-0.4, -0.2) is 66.2 Å². The van der Waals surface area contributed by atoms with Crippen molar-refractivity contribution in [1.82, 2.24) is 15.1 Å². The molecular formula is C19H23N3O4S. The number of thioether (sulfide) groups is 1. The molecule has 2 aliphatic rings. The number of rotatable bonds is 6. The van der Waals surface area contributed by atoms with Crippen molar-refractivity contribution in [1.29, 1.82) is 0 Å². The van der Waals surface area contributed by atoms with Crippen molar-refractivity contribution >= 4 is 29.6 Å². The van der Waals surface area contributed by atoms with E-state index in [0.29, 0.717) is 30.7 Å².